The highest BCUT2D eigenvalue weighted by Gasteiger charge is 2.14. The molecule has 3 heteroatoms. The Morgan fingerprint density at radius 2 is 1.85 bits per heavy atom. The predicted molar refractivity (Wildman–Crippen MR) is 80.5 cm³/mol. The summed E-state index contributed by atoms with van der Waals surface area (Å²) in [6, 6.07) is 18.0. The third kappa shape index (κ3) is 2.81. The molecule has 0 aliphatic rings. The fourth-order valence-corrected chi connectivity index (χ4v) is 2.25. The molecular formula is C17H18N2O. The van der Waals surface area contributed by atoms with Crippen LogP contribution in [0.15, 0.2) is 48.5 Å². The number of rotatable bonds is 4. The Bertz CT molecular complexity index is 629. The van der Waals surface area contributed by atoms with Gasteiger partial charge in [0.25, 0.3) is 0 Å². The lowest BCUT2D eigenvalue weighted by atomic mass is 9.99. The second-order valence-corrected chi connectivity index (χ2v) is 4.82. The SMILES string of the molecule is COc1ccccc1-c1cccc(C(C#N)N(C)C)c1. The summed E-state index contributed by atoms with van der Waals surface area (Å²) in [6.07, 6.45) is 0. The van der Waals surface area contributed by atoms with Gasteiger partial charge < -0.3 is 4.74 Å². The highest BCUT2D eigenvalue weighted by molar-refractivity contribution is 5.71. The summed E-state index contributed by atoms with van der Waals surface area (Å²) in [5.41, 5.74) is 3.08. The van der Waals surface area contributed by atoms with Crippen LogP contribution in [0.1, 0.15) is 11.6 Å². The van der Waals surface area contributed by atoms with Gasteiger partial charge in [0, 0.05) is 5.56 Å². The number of hydrogen-bond acceptors (Lipinski definition) is 3. The zero-order chi connectivity index (χ0) is 14.5. The molecule has 0 fully saturated rings. The summed E-state index contributed by atoms with van der Waals surface area (Å²) < 4.78 is 5.40. The van der Waals surface area contributed by atoms with Crippen molar-refractivity contribution in [3.8, 4) is 22.9 Å². The lowest BCUT2D eigenvalue weighted by molar-refractivity contribution is 0.358. The van der Waals surface area contributed by atoms with Crippen molar-refractivity contribution in [2.45, 2.75) is 6.04 Å². The van der Waals surface area contributed by atoms with Crippen LogP contribution in [-0.2, 0) is 0 Å². The van der Waals surface area contributed by atoms with Gasteiger partial charge in [-0.15, -0.1) is 0 Å². The van der Waals surface area contributed by atoms with E-state index in [9.17, 15) is 5.26 Å². The van der Waals surface area contributed by atoms with Gasteiger partial charge in [0.15, 0.2) is 0 Å². The van der Waals surface area contributed by atoms with Crippen LogP contribution in [0.3, 0.4) is 0 Å². The fraction of sp³-hybridized carbons (Fsp3) is 0.235. The molecule has 0 heterocycles. The summed E-state index contributed by atoms with van der Waals surface area (Å²) in [7, 11) is 5.48. The van der Waals surface area contributed by atoms with Crippen LogP contribution in [0, 0.1) is 11.3 Å². The van der Waals surface area contributed by atoms with E-state index in [1.54, 1.807) is 7.11 Å². The van der Waals surface area contributed by atoms with Crippen LogP contribution in [0.2, 0.25) is 0 Å². The summed E-state index contributed by atoms with van der Waals surface area (Å²) >= 11 is 0. The van der Waals surface area contributed by atoms with E-state index in [1.807, 2.05) is 67.5 Å². The van der Waals surface area contributed by atoms with Crippen LogP contribution in [0.5, 0.6) is 5.75 Å². The zero-order valence-corrected chi connectivity index (χ0v) is 12.0. The van der Waals surface area contributed by atoms with E-state index in [4.69, 9.17) is 4.74 Å². The average Bonchev–Trinajstić information content (AvgIpc) is 2.48. The molecule has 0 radical (unpaired) electrons. The second-order valence-electron chi connectivity index (χ2n) is 4.82. The highest BCUT2D eigenvalue weighted by Crippen LogP contribution is 2.31. The number of nitrogens with zero attached hydrogens (tertiary/aromatic N) is 2. The second kappa shape index (κ2) is 6.23. The molecule has 1 atom stereocenters. The molecule has 0 saturated carbocycles. The van der Waals surface area contributed by atoms with E-state index in [1.165, 1.54) is 0 Å². The van der Waals surface area contributed by atoms with E-state index >= 15 is 0 Å². The monoisotopic (exact) mass is 266 g/mol. The van der Waals surface area contributed by atoms with Gasteiger partial charge in [0.2, 0.25) is 0 Å². The third-order valence-corrected chi connectivity index (χ3v) is 3.26. The summed E-state index contributed by atoms with van der Waals surface area (Å²) in [6.45, 7) is 0. The van der Waals surface area contributed by atoms with E-state index in [0.717, 1.165) is 22.4 Å². The smallest absolute Gasteiger partial charge is 0.126 e. The van der Waals surface area contributed by atoms with E-state index < -0.39 is 0 Å². The first-order valence-electron chi connectivity index (χ1n) is 6.46. The molecule has 20 heavy (non-hydrogen) atoms. The first kappa shape index (κ1) is 14.1. The van der Waals surface area contributed by atoms with Crippen molar-refractivity contribution < 1.29 is 4.74 Å². The molecule has 1 unspecified atom stereocenters. The Labute approximate surface area is 120 Å². The Hall–Kier alpha value is -2.31. The van der Waals surface area contributed by atoms with Crippen LogP contribution in [0.25, 0.3) is 11.1 Å². The molecule has 2 aromatic carbocycles. The van der Waals surface area contributed by atoms with Crippen molar-refractivity contribution in [3.63, 3.8) is 0 Å². The quantitative estimate of drug-likeness (QED) is 0.850. The maximum atomic E-state index is 9.30. The minimum Gasteiger partial charge on any atom is -0.496 e. The van der Waals surface area contributed by atoms with E-state index in [-0.39, 0.29) is 6.04 Å². The molecule has 3 nitrogen and oxygen atoms in total. The molecule has 0 aliphatic heterocycles. The summed E-state index contributed by atoms with van der Waals surface area (Å²) in [5, 5.41) is 9.30. The van der Waals surface area contributed by atoms with Gasteiger partial charge in [0.05, 0.1) is 13.2 Å². The van der Waals surface area contributed by atoms with Crippen LogP contribution in [-0.4, -0.2) is 26.1 Å². The Morgan fingerprint density at radius 1 is 1.10 bits per heavy atom. The van der Waals surface area contributed by atoms with Crippen molar-refractivity contribution in [3.05, 3.63) is 54.1 Å². The molecule has 0 aromatic heterocycles. The molecule has 0 bridgehead atoms. The minimum atomic E-state index is -0.246. The zero-order valence-electron chi connectivity index (χ0n) is 12.0. The van der Waals surface area contributed by atoms with Gasteiger partial charge in [-0.05, 0) is 37.4 Å². The Morgan fingerprint density at radius 3 is 2.50 bits per heavy atom. The van der Waals surface area contributed by atoms with Crippen molar-refractivity contribution in [2.75, 3.05) is 21.2 Å². The predicted octanol–water partition coefficient (Wildman–Crippen LogP) is 3.49. The van der Waals surface area contributed by atoms with E-state index in [0.29, 0.717) is 0 Å². The number of benzene rings is 2. The van der Waals surface area contributed by atoms with Gasteiger partial charge in [0.1, 0.15) is 11.8 Å². The lowest BCUT2D eigenvalue weighted by Crippen LogP contribution is -2.18. The highest BCUT2D eigenvalue weighted by atomic mass is 16.5. The average molecular weight is 266 g/mol. The maximum absolute atomic E-state index is 9.30. The molecule has 102 valence electrons. The standard InChI is InChI=1S/C17H18N2O/c1-19(2)16(12-18)14-8-6-7-13(11-14)15-9-4-5-10-17(15)20-3/h4-11,16H,1-3H3. The van der Waals surface area contributed by atoms with Crippen LogP contribution in [0.4, 0.5) is 0 Å². The fourth-order valence-electron chi connectivity index (χ4n) is 2.25. The van der Waals surface area contributed by atoms with Crippen molar-refractivity contribution in [2.24, 2.45) is 0 Å². The Kier molecular flexibility index (Phi) is 4.39. The maximum Gasteiger partial charge on any atom is 0.126 e. The molecule has 0 spiro atoms. The first-order chi connectivity index (χ1) is 9.67. The number of methoxy groups -OCH3 is 1. The molecule has 0 N–H and O–H groups in total. The number of nitriles is 1. The van der Waals surface area contributed by atoms with Gasteiger partial charge in [-0.3, -0.25) is 4.90 Å². The summed E-state index contributed by atoms with van der Waals surface area (Å²) in [5.74, 6) is 0.836. The molecule has 0 saturated heterocycles. The third-order valence-electron chi connectivity index (χ3n) is 3.26. The van der Waals surface area contributed by atoms with E-state index in [2.05, 4.69) is 6.07 Å². The topological polar surface area (TPSA) is 36.3 Å². The largest absolute Gasteiger partial charge is 0.496 e. The van der Waals surface area contributed by atoms with Crippen molar-refractivity contribution >= 4 is 0 Å². The van der Waals surface area contributed by atoms with Crippen molar-refractivity contribution in [1.82, 2.24) is 4.90 Å². The molecule has 2 rings (SSSR count). The molecule has 2 aromatic rings. The van der Waals surface area contributed by atoms with Crippen molar-refractivity contribution in [1.29, 1.82) is 5.26 Å². The Balaban J connectivity index is 2.47. The number of hydrogen-bond donors (Lipinski definition) is 0. The molecular weight excluding hydrogens is 248 g/mol. The van der Waals surface area contributed by atoms with Gasteiger partial charge in [-0.1, -0.05) is 36.4 Å². The number of para-hydroxylation sites is 1. The lowest BCUT2D eigenvalue weighted by Gasteiger charge is -2.18. The number of ether oxygens (including phenoxy) is 1. The van der Waals surface area contributed by atoms with Crippen LogP contribution >= 0.6 is 0 Å². The summed E-state index contributed by atoms with van der Waals surface area (Å²) in [4.78, 5) is 1.90. The molecule has 0 aliphatic carbocycles. The van der Waals surface area contributed by atoms with Gasteiger partial charge >= 0.3 is 0 Å². The van der Waals surface area contributed by atoms with Crippen LogP contribution < -0.4 is 4.74 Å². The molecule has 0 amide bonds. The minimum absolute atomic E-state index is 0.246. The van der Waals surface area contributed by atoms with Gasteiger partial charge in [-0.2, -0.15) is 5.26 Å². The first-order valence-corrected chi connectivity index (χ1v) is 6.46. The van der Waals surface area contributed by atoms with Gasteiger partial charge in [-0.25, -0.2) is 0 Å². The normalized spacial score (nSPS) is 11.9.